The number of carbonyl (C=O) groups is 1. The summed E-state index contributed by atoms with van der Waals surface area (Å²) < 4.78 is 16.6. The molecule has 1 fully saturated rings. The number of furan rings is 1. The van der Waals surface area contributed by atoms with Crippen LogP contribution in [0.15, 0.2) is 82.0 Å². The van der Waals surface area contributed by atoms with Crippen molar-refractivity contribution in [2.24, 2.45) is 11.0 Å². The van der Waals surface area contributed by atoms with Crippen molar-refractivity contribution in [2.45, 2.75) is 39.2 Å². The minimum atomic E-state index is -0.226. The summed E-state index contributed by atoms with van der Waals surface area (Å²) in [5.74, 6) is 1.87. The molecule has 35 heavy (non-hydrogen) atoms. The second-order valence-electron chi connectivity index (χ2n) is 8.73. The molecular weight excluding hydrogens is 440 g/mol. The summed E-state index contributed by atoms with van der Waals surface area (Å²) in [7, 11) is 0. The Morgan fingerprint density at radius 2 is 1.71 bits per heavy atom. The number of benzene rings is 2. The molecule has 0 spiro atoms. The Balaban J connectivity index is 1.50. The van der Waals surface area contributed by atoms with Gasteiger partial charge >= 0.3 is 5.91 Å². The molecule has 5 rings (SSSR count). The smallest absolute Gasteiger partial charge is 0.310 e. The zero-order valence-electron chi connectivity index (χ0n) is 20.1. The molecule has 6 nitrogen and oxygen atoms in total. The minimum Gasteiger partial charge on any atom is -0.494 e. The van der Waals surface area contributed by atoms with Gasteiger partial charge in [-0.3, -0.25) is 4.79 Å². The van der Waals surface area contributed by atoms with Crippen LogP contribution in [0.2, 0.25) is 0 Å². The number of fused-ring (bicyclic) bond motifs is 1. The van der Waals surface area contributed by atoms with E-state index >= 15 is 0 Å². The molecule has 1 amide bonds. The summed E-state index contributed by atoms with van der Waals surface area (Å²) in [6.07, 6.45) is 6.66. The predicted molar refractivity (Wildman–Crippen MR) is 136 cm³/mol. The molecule has 0 saturated heterocycles. The van der Waals surface area contributed by atoms with Gasteiger partial charge in [-0.15, -0.1) is 0 Å². The molecule has 0 unspecified atom stereocenters. The Bertz CT molecular complexity index is 1210. The molecule has 2 heterocycles. The maximum Gasteiger partial charge on any atom is 0.310 e. The van der Waals surface area contributed by atoms with Crippen LogP contribution in [-0.2, 0) is 0 Å². The molecule has 0 N–H and O–H groups in total. The van der Waals surface area contributed by atoms with Crippen LogP contribution in [0.4, 0.5) is 0 Å². The number of hydrazone groups is 1. The molecule has 0 radical (unpaired) electrons. The lowest BCUT2D eigenvalue weighted by molar-refractivity contribution is 0.0648. The van der Waals surface area contributed by atoms with E-state index in [1.165, 1.54) is 11.8 Å². The molecule has 0 bridgehead atoms. The Morgan fingerprint density at radius 1 is 1.03 bits per heavy atom. The van der Waals surface area contributed by atoms with E-state index in [2.05, 4.69) is 18.2 Å². The first-order valence-corrected chi connectivity index (χ1v) is 12.3. The standard InChI is InChI=1S/C29H30N2O4/c1-3-33-23-14-10-20(11-15-23)19-22-7-5-8-25-27(22)30-31(29(32)26-9-6-18-35-26)28(25)21-12-16-24(17-13-21)34-4-2/h6,9-19,25,28H,3-5,7-8H2,1-2H3/b22-19-/t25-,28-/m1/s1. The van der Waals surface area contributed by atoms with Crippen molar-refractivity contribution < 1.29 is 18.7 Å². The van der Waals surface area contributed by atoms with Crippen LogP contribution in [-0.4, -0.2) is 29.8 Å². The van der Waals surface area contributed by atoms with E-state index < -0.39 is 0 Å². The second kappa shape index (κ2) is 10.2. The van der Waals surface area contributed by atoms with Gasteiger partial charge in [-0.1, -0.05) is 24.3 Å². The van der Waals surface area contributed by atoms with Crippen molar-refractivity contribution in [2.75, 3.05) is 13.2 Å². The van der Waals surface area contributed by atoms with Crippen LogP contribution in [0.5, 0.6) is 11.5 Å². The van der Waals surface area contributed by atoms with E-state index in [1.54, 1.807) is 17.1 Å². The number of ether oxygens (including phenoxy) is 2. The van der Waals surface area contributed by atoms with Crippen LogP contribution in [0.25, 0.3) is 6.08 Å². The highest BCUT2D eigenvalue weighted by atomic mass is 16.5. The lowest BCUT2D eigenvalue weighted by atomic mass is 9.77. The maximum absolute atomic E-state index is 13.4. The number of allylic oxidation sites excluding steroid dienone is 1. The van der Waals surface area contributed by atoms with E-state index in [9.17, 15) is 4.79 Å². The zero-order valence-corrected chi connectivity index (χ0v) is 20.1. The quantitative estimate of drug-likeness (QED) is 0.395. The van der Waals surface area contributed by atoms with E-state index in [0.29, 0.717) is 19.0 Å². The molecule has 6 heteroatoms. The fraction of sp³-hybridized carbons (Fsp3) is 0.310. The highest BCUT2D eigenvalue weighted by molar-refractivity contribution is 6.09. The number of nitrogens with zero attached hydrogens (tertiary/aromatic N) is 2. The third-order valence-electron chi connectivity index (χ3n) is 6.51. The van der Waals surface area contributed by atoms with Crippen LogP contribution < -0.4 is 9.47 Å². The van der Waals surface area contributed by atoms with E-state index in [0.717, 1.165) is 47.6 Å². The molecular formula is C29H30N2O4. The Morgan fingerprint density at radius 3 is 2.34 bits per heavy atom. The fourth-order valence-corrected chi connectivity index (χ4v) is 4.97. The van der Waals surface area contributed by atoms with Crippen LogP contribution in [0.1, 0.15) is 60.8 Å². The van der Waals surface area contributed by atoms with Gasteiger partial charge in [-0.05, 0) is 92.3 Å². The second-order valence-corrected chi connectivity index (χ2v) is 8.73. The average Bonchev–Trinajstić information content (AvgIpc) is 3.55. The summed E-state index contributed by atoms with van der Waals surface area (Å²) in [5, 5.41) is 6.54. The highest BCUT2D eigenvalue weighted by Gasteiger charge is 2.44. The van der Waals surface area contributed by atoms with Gasteiger partial charge in [0.25, 0.3) is 0 Å². The van der Waals surface area contributed by atoms with E-state index in [-0.39, 0.29) is 17.9 Å². The van der Waals surface area contributed by atoms with Crippen molar-refractivity contribution in [3.8, 4) is 11.5 Å². The molecule has 1 aliphatic heterocycles. The van der Waals surface area contributed by atoms with Gasteiger partial charge in [0.05, 0.1) is 31.2 Å². The van der Waals surface area contributed by atoms with Crippen molar-refractivity contribution in [3.05, 3.63) is 89.4 Å². The summed E-state index contributed by atoms with van der Waals surface area (Å²) in [4.78, 5) is 13.4. The largest absolute Gasteiger partial charge is 0.494 e. The summed E-state index contributed by atoms with van der Waals surface area (Å²) >= 11 is 0. The number of rotatable bonds is 7. The van der Waals surface area contributed by atoms with Crippen LogP contribution in [0, 0.1) is 5.92 Å². The Hall–Kier alpha value is -3.80. The van der Waals surface area contributed by atoms with Gasteiger partial charge in [0.1, 0.15) is 11.5 Å². The third kappa shape index (κ3) is 4.74. The monoisotopic (exact) mass is 470 g/mol. The molecule has 1 aromatic heterocycles. The molecule has 180 valence electrons. The molecule has 2 atom stereocenters. The van der Waals surface area contributed by atoms with Gasteiger partial charge in [-0.25, -0.2) is 5.01 Å². The maximum atomic E-state index is 13.4. The van der Waals surface area contributed by atoms with Gasteiger partial charge in [-0.2, -0.15) is 5.10 Å². The zero-order chi connectivity index (χ0) is 24.2. The first-order valence-electron chi connectivity index (χ1n) is 12.3. The van der Waals surface area contributed by atoms with Crippen molar-refractivity contribution >= 4 is 17.7 Å². The lowest BCUT2D eigenvalue weighted by Gasteiger charge is -2.29. The fourth-order valence-electron chi connectivity index (χ4n) is 4.97. The van der Waals surface area contributed by atoms with Gasteiger partial charge in [0.15, 0.2) is 5.76 Å². The van der Waals surface area contributed by atoms with Gasteiger partial charge in [0, 0.05) is 5.92 Å². The Labute approximate surface area is 205 Å². The number of hydrogen-bond donors (Lipinski definition) is 0. The van der Waals surface area contributed by atoms with Crippen molar-refractivity contribution in [3.63, 3.8) is 0 Å². The topological polar surface area (TPSA) is 64.3 Å². The first-order chi connectivity index (χ1) is 17.2. The van der Waals surface area contributed by atoms with E-state index in [4.69, 9.17) is 19.0 Å². The summed E-state index contributed by atoms with van der Waals surface area (Å²) in [6, 6.07) is 19.3. The van der Waals surface area contributed by atoms with Crippen molar-refractivity contribution in [1.29, 1.82) is 0 Å². The van der Waals surface area contributed by atoms with Crippen molar-refractivity contribution in [1.82, 2.24) is 5.01 Å². The normalized spacial score (nSPS) is 20.5. The third-order valence-corrected chi connectivity index (χ3v) is 6.51. The summed E-state index contributed by atoms with van der Waals surface area (Å²) in [5.41, 5.74) is 4.31. The summed E-state index contributed by atoms with van der Waals surface area (Å²) in [6.45, 7) is 5.20. The van der Waals surface area contributed by atoms with Gasteiger partial charge in [0.2, 0.25) is 0 Å². The lowest BCUT2D eigenvalue weighted by Crippen LogP contribution is -2.31. The molecule has 2 aliphatic rings. The predicted octanol–water partition coefficient (Wildman–Crippen LogP) is 6.51. The Kier molecular flexibility index (Phi) is 6.70. The van der Waals surface area contributed by atoms with Crippen LogP contribution >= 0.6 is 0 Å². The SMILES string of the molecule is CCOc1ccc(/C=C2/CCC[C@@H]3C2=NN(C(=O)c2ccco2)[C@@H]3c2ccc(OCC)cc2)cc1. The first kappa shape index (κ1) is 23.0. The average molecular weight is 471 g/mol. The highest BCUT2D eigenvalue weighted by Crippen LogP contribution is 2.45. The number of carbonyl (C=O) groups excluding carboxylic acids is 1. The van der Waals surface area contributed by atoms with Crippen LogP contribution in [0.3, 0.4) is 0 Å². The molecule has 3 aromatic rings. The van der Waals surface area contributed by atoms with E-state index in [1.807, 2.05) is 50.2 Å². The molecule has 1 saturated carbocycles. The molecule has 1 aliphatic carbocycles. The minimum absolute atomic E-state index is 0.120. The number of amides is 1. The van der Waals surface area contributed by atoms with Gasteiger partial charge < -0.3 is 13.9 Å². The number of hydrogen-bond acceptors (Lipinski definition) is 5. The molecule has 2 aromatic carbocycles.